The Kier molecular flexibility index (Phi) is 6.43. The summed E-state index contributed by atoms with van der Waals surface area (Å²) in [6.45, 7) is 2.32. The Bertz CT molecular complexity index is 403. The summed E-state index contributed by atoms with van der Waals surface area (Å²) in [5.74, 6) is -0.691. The van der Waals surface area contributed by atoms with Crippen LogP contribution in [0.1, 0.15) is 30.1 Å². The number of carbonyl (C=O) groups excluding carboxylic acids is 2. The van der Waals surface area contributed by atoms with Gasteiger partial charge in [0.15, 0.2) is 0 Å². The Hall–Kier alpha value is -1.36. The van der Waals surface area contributed by atoms with Gasteiger partial charge in [-0.3, -0.25) is 9.59 Å². The zero-order valence-corrected chi connectivity index (χ0v) is 11.8. The molecule has 98 valence electrons. The second-order valence-electron chi connectivity index (χ2n) is 3.76. The molecule has 1 N–H and O–H groups in total. The first-order chi connectivity index (χ1) is 8.63. The predicted octanol–water partition coefficient (Wildman–Crippen LogP) is 2.52. The van der Waals surface area contributed by atoms with Crippen molar-refractivity contribution in [1.29, 1.82) is 0 Å². The van der Waals surface area contributed by atoms with Crippen molar-refractivity contribution in [3.63, 3.8) is 0 Å². The monoisotopic (exact) mass is 313 g/mol. The lowest BCUT2D eigenvalue weighted by atomic mass is 10.2. The molecule has 0 aliphatic rings. The molecule has 0 aromatic heterocycles. The van der Waals surface area contributed by atoms with Gasteiger partial charge in [0.25, 0.3) is 5.91 Å². The highest BCUT2D eigenvalue weighted by atomic mass is 79.9. The number of amides is 1. The molecule has 0 aliphatic heterocycles. The van der Waals surface area contributed by atoms with Crippen LogP contribution in [-0.2, 0) is 9.53 Å². The summed E-state index contributed by atoms with van der Waals surface area (Å²) >= 11 is 3.29. The fourth-order valence-corrected chi connectivity index (χ4v) is 1.50. The van der Waals surface area contributed by atoms with Gasteiger partial charge in [-0.05, 0) is 30.7 Å². The van der Waals surface area contributed by atoms with Crippen LogP contribution in [0.15, 0.2) is 28.7 Å². The van der Waals surface area contributed by atoms with Gasteiger partial charge in [0.1, 0.15) is 6.54 Å². The first kappa shape index (κ1) is 14.7. The van der Waals surface area contributed by atoms with Gasteiger partial charge < -0.3 is 10.1 Å². The topological polar surface area (TPSA) is 55.4 Å². The summed E-state index contributed by atoms with van der Waals surface area (Å²) in [7, 11) is 0. The molecule has 0 spiro atoms. The largest absolute Gasteiger partial charge is 0.464 e. The van der Waals surface area contributed by atoms with E-state index in [-0.39, 0.29) is 12.5 Å². The van der Waals surface area contributed by atoms with Crippen molar-refractivity contribution in [1.82, 2.24) is 5.32 Å². The fraction of sp³-hybridized carbons (Fsp3) is 0.385. The van der Waals surface area contributed by atoms with Crippen molar-refractivity contribution in [2.45, 2.75) is 19.8 Å². The van der Waals surface area contributed by atoms with E-state index in [2.05, 4.69) is 21.2 Å². The van der Waals surface area contributed by atoms with E-state index in [1.54, 1.807) is 24.3 Å². The number of unbranched alkanes of at least 4 members (excludes halogenated alkanes) is 1. The average molecular weight is 314 g/mol. The van der Waals surface area contributed by atoms with Crippen LogP contribution in [0.3, 0.4) is 0 Å². The van der Waals surface area contributed by atoms with E-state index in [0.29, 0.717) is 12.2 Å². The Morgan fingerprint density at radius 2 is 1.94 bits per heavy atom. The fourth-order valence-electron chi connectivity index (χ4n) is 1.24. The number of esters is 1. The number of carbonyl (C=O) groups is 2. The Balaban J connectivity index is 2.32. The van der Waals surface area contributed by atoms with Crippen LogP contribution in [0.2, 0.25) is 0 Å². The number of ether oxygens (including phenoxy) is 1. The average Bonchev–Trinajstić information content (AvgIpc) is 2.37. The molecular weight excluding hydrogens is 298 g/mol. The third-order valence-corrected chi connectivity index (χ3v) is 2.79. The van der Waals surface area contributed by atoms with E-state index in [0.717, 1.165) is 17.3 Å². The van der Waals surface area contributed by atoms with Crippen LogP contribution in [0.5, 0.6) is 0 Å². The van der Waals surface area contributed by atoms with Crippen molar-refractivity contribution < 1.29 is 14.3 Å². The third kappa shape index (κ3) is 5.31. The van der Waals surface area contributed by atoms with E-state index in [9.17, 15) is 9.59 Å². The quantitative estimate of drug-likeness (QED) is 0.648. The van der Waals surface area contributed by atoms with E-state index in [1.165, 1.54) is 0 Å². The van der Waals surface area contributed by atoms with Gasteiger partial charge in [-0.1, -0.05) is 29.3 Å². The van der Waals surface area contributed by atoms with Gasteiger partial charge >= 0.3 is 5.97 Å². The van der Waals surface area contributed by atoms with Gasteiger partial charge in [0, 0.05) is 10.0 Å². The molecule has 0 fully saturated rings. The number of rotatable bonds is 6. The summed E-state index contributed by atoms with van der Waals surface area (Å²) in [6.07, 6.45) is 1.81. The van der Waals surface area contributed by atoms with Gasteiger partial charge in [0.2, 0.25) is 0 Å². The maximum atomic E-state index is 11.7. The molecule has 1 aromatic carbocycles. The lowest BCUT2D eigenvalue weighted by Gasteiger charge is -2.06. The highest BCUT2D eigenvalue weighted by Crippen LogP contribution is 2.10. The number of nitrogens with one attached hydrogen (secondary N) is 1. The van der Waals surface area contributed by atoms with Crippen LogP contribution >= 0.6 is 15.9 Å². The molecule has 0 saturated carbocycles. The first-order valence-corrected chi connectivity index (χ1v) is 6.62. The highest BCUT2D eigenvalue weighted by molar-refractivity contribution is 9.10. The molecule has 0 heterocycles. The van der Waals surface area contributed by atoms with E-state index < -0.39 is 5.97 Å². The first-order valence-electron chi connectivity index (χ1n) is 5.83. The van der Waals surface area contributed by atoms with Crippen molar-refractivity contribution in [3.8, 4) is 0 Å². The number of benzene rings is 1. The van der Waals surface area contributed by atoms with Crippen molar-refractivity contribution >= 4 is 27.8 Å². The van der Waals surface area contributed by atoms with Gasteiger partial charge in [-0.2, -0.15) is 0 Å². The summed E-state index contributed by atoms with van der Waals surface area (Å²) in [5, 5.41) is 2.52. The zero-order chi connectivity index (χ0) is 13.4. The van der Waals surface area contributed by atoms with E-state index >= 15 is 0 Å². The molecule has 5 heteroatoms. The van der Waals surface area contributed by atoms with Crippen molar-refractivity contribution in [3.05, 3.63) is 34.3 Å². The summed E-state index contributed by atoms with van der Waals surface area (Å²) < 4.78 is 5.83. The highest BCUT2D eigenvalue weighted by Gasteiger charge is 2.08. The Morgan fingerprint density at radius 1 is 1.28 bits per heavy atom. The molecule has 1 rings (SSSR count). The maximum Gasteiger partial charge on any atom is 0.325 e. The zero-order valence-electron chi connectivity index (χ0n) is 10.2. The van der Waals surface area contributed by atoms with Crippen LogP contribution in [0.25, 0.3) is 0 Å². The lowest BCUT2D eigenvalue weighted by Crippen LogP contribution is -2.30. The normalized spacial score (nSPS) is 9.89. The van der Waals surface area contributed by atoms with Crippen molar-refractivity contribution in [2.24, 2.45) is 0 Å². The summed E-state index contributed by atoms with van der Waals surface area (Å²) in [5.41, 5.74) is 0.513. The SMILES string of the molecule is CCCCOC(=O)CNC(=O)c1ccc(Br)cc1. The number of hydrogen-bond donors (Lipinski definition) is 1. The molecule has 1 amide bonds. The molecule has 0 aliphatic carbocycles. The van der Waals surface area contributed by atoms with Gasteiger partial charge in [-0.25, -0.2) is 0 Å². The minimum absolute atomic E-state index is 0.0986. The third-order valence-electron chi connectivity index (χ3n) is 2.26. The lowest BCUT2D eigenvalue weighted by molar-refractivity contribution is -0.142. The van der Waals surface area contributed by atoms with E-state index in [1.807, 2.05) is 6.92 Å². The smallest absolute Gasteiger partial charge is 0.325 e. The van der Waals surface area contributed by atoms with Crippen LogP contribution in [0, 0.1) is 0 Å². The second-order valence-corrected chi connectivity index (χ2v) is 4.68. The predicted molar refractivity (Wildman–Crippen MR) is 72.3 cm³/mol. The van der Waals surface area contributed by atoms with Gasteiger partial charge in [0.05, 0.1) is 6.61 Å². The molecule has 1 aromatic rings. The number of halogens is 1. The molecule has 0 unspecified atom stereocenters. The standard InChI is InChI=1S/C13H16BrNO3/c1-2-3-8-18-12(16)9-15-13(17)10-4-6-11(14)7-5-10/h4-7H,2-3,8-9H2,1H3,(H,15,17). The number of hydrogen-bond acceptors (Lipinski definition) is 3. The van der Waals surface area contributed by atoms with Crippen LogP contribution in [0.4, 0.5) is 0 Å². The molecule has 0 atom stereocenters. The molecule has 0 saturated heterocycles. The summed E-state index contributed by atoms with van der Waals surface area (Å²) in [4.78, 5) is 22.9. The van der Waals surface area contributed by atoms with Gasteiger partial charge in [-0.15, -0.1) is 0 Å². The Morgan fingerprint density at radius 3 is 2.56 bits per heavy atom. The Labute approximate surface area is 115 Å². The van der Waals surface area contributed by atoms with Crippen LogP contribution in [-0.4, -0.2) is 25.0 Å². The molecule has 0 bridgehead atoms. The molecule has 4 nitrogen and oxygen atoms in total. The van der Waals surface area contributed by atoms with Crippen molar-refractivity contribution in [2.75, 3.05) is 13.2 Å². The minimum Gasteiger partial charge on any atom is -0.464 e. The minimum atomic E-state index is -0.408. The second kappa shape index (κ2) is 7.87. The maximum absolute atomic E-state index is 11.7. The summed E-state index contributed by atoms with van der Waals surface area (Å²) in [6, 6.07) is 6.91. The van der Waals surface area contributed by atoms with Crippen LogP contribution < -0.4 is 5.32 Å². The molecule has 0 radical (unpaired) electrons. The molecular formula is C13H16BrNO3. The van der Waals surface area contributed by atoms with E-state index in [4.69, 9.17) is 4.74 Å². The molecule has 18 heavy (non-hydrogen) atoms.